The van der Waals surface area contributed by atoms with Crippen molar-refractivity contribution in [1.29, 1.82) is 0 Å². The third-order valence-corrected chi connectivity index (χ3v) is 3.36. The maximum Gasteiger partial charge on any atom is 0.123 e. The summed E-state index contributed by atoms with van der Waals surface area (Å²) in [5, 5.41) is 8.04. The molecular formula is C14H16FN3. The largest absolute Gasteiger partial charge is 0.309 e. The number of hydrogen-bond acceptors (Lipinski definition) is 2. The molecule has 0 spiro atoms. The fourth-order valence-electron chi connectivity index (χ4n) is 2.40. The van der Waals surface area contributed by atoms with Crippen molar-refractivity contribution in [2.24, 2.45) is 0 Å². The molecule has 0 amide bonds. The fraction of sp³-hybridized carbons (Fsp3) is 0.357. The van der Waals surface area contributed by atoms with Gasteiger partial charge in [-0.3, -0.25) is 4.68 Å². The molecule has 0 unspecified atom stereocenters. The lowest BCUT2D eigenvalue weighted by Crippen LogP contribution is -2.44. The second-order valence-electron chi connectivity index (χ2n) is 5.36. The van der Waals surface area contributed by atoms with Gasteiger partial charge in [0, 0.05) is 18.7 Å². The van der Waals surface area contributed by atoms with Crippen molar-refractivity contribution in [3.8, 4) is 11.3 Å². The summed E-state index contributed by atoms with van der Waals surface area (Å²) >= 11 is 0. The minimum absolute atomic E-state index is 0.0220. The first-order chi connectivity index (χ1) is 8.56. The summed E-state index contributed by atoms with van der Waals surface area (Å²) in [6.07, 6.45) is 0. The first-order valence-electron chi connectivity index (χ1n) is 6.12. The lowest BCUT2D eigenvalue weighted by Gasteiger charge is -2.32. The Balaban J connectivity index is 2.05. The molecule has 1 aliphatic heterocycles. The molecule has 0 saturated carbocycles. The van der Waals surface area contributed by atoms with Crippen molar-refractivity contribution < 1.29 is 4.39 Å². The van der Waals surface area contributed by atoms with Crippen LogP contribution in [0.4, 0.5) is 4.39 Å². The summed E-state index contributed by atoms with van der Waals surface area (Å²) in [5.41, 5.74) is 3.01. The lowest BCUT2D eigenvalue weighted by atomic mass is 10.0. The molecule has 3 rings (SSSR count). The average molecular weight is 245 g/mol. The first kappa shape index (κ1) is 11.4. The number of nitrogens with one attached hydrogen (secondary N) is 1. The molecule has 0 radical (unpaired) electrons. The standard InChI is InChI=1S/C14H16FN3/c1-14(2)9-16-8-12-7-13(17-18(12)14)10-3-5-11(15)6-4-10/h3-7,16H,8-9H2,1-2H3. The van der Waals surface area contributed by atoms with Gasteiger partial charge in [0.25, 0.3) is 0 Å². The van der Waals surface area contributed by atoms with E-state index in [9.17, 15) is 4.39 Å². The normalized spacial score (nSPS) is 17.5. The van der Waals surface area contributed by atoms with Crippen molar-refractivity contribution in [2.45, 2.75) is 25.9 Å². The highest BCUT2D eigenvalue weighted by atomic mass is 19.1. The molecule has 4 heteroatoms. The van der Waals surface area contributed by atoms with Crippen molar-refractivity contribution in [3.05, 3.63) is 41.8 Å². The highest BCUT2D eigenvalue weighted by molar-refractivity contribution is 5.59. The van der Waals surface area contributed by atoms with Gasteiger partial charge in [-0.1, -0.05) is 0 Å². The van der Waals surface area contributed by atoms with Gasteiger partial charge in [0.2, 0.25) is 0 Å². The van der Waals surface area contributed by atoms with Crippen LogP contribution in [-0.2, 0) is 12.1 Å². The summed E-state index contributed by atoms with van der Waals surface area (Å²) in [7, 11) is 0. The van der Waals surface area contributed by atoms with Crippen LogP contribution in [0.2, 0.25) is 0 Å². The van der Waals surface area contributed by atoms with E-state index in [1.807, 2.05) is 0 Å². The average Bonchev–Trinajstić information content (AvgIpc) is 2.75. The summed E-state index contributed by atoms with van der Waals surface area (Å²) < 4.78 is 15.0. The molecule has 94 valence electrons. The summed E-state index contributed by atoms with van der Waals surface area (Å²) in [6, 6.07) is 8.55. The number of nitrogens with zero attached hydrogens (tertiary/aromatic N) is 2. The Kier molecular flexibility index (Phi) is 2.48. The molecular weight excluding hydrogens is 229 g/mol. The molecule has 0 bridgehead atoms. The summed E-state index contributed by atoms with van der Waals surface area (Å²) in [4.78, 5) is 0. The zero-order chi connectivity index (χ0) is 12.8. The fourth-order valence-corrected chi connectivity index (χ4v) is 2.40. The van der Waals surface area contributed by atoms with Gasteiger partial charge in [-0.05, 0) is 44.2 Å². The molecule has 0 aliphatic carbocycles. The first-order valence-corrected chi connectivity index (χ1v) is 6.12. The predicted molar refractivity (Wildman–Crippen MR) is 68.6 cm³/mol. The van der Waals surface area contributed by atoms with Gasteiger partial charge in [-0.15, -0.1) is 0 Å². The molecule has 0 fully saturated rings. The van der Waals surface area contributed by atoms with E-state index < -0.39 is 0 Å². The van der Waals surface area contributed by atoms with Crippen LogP contribution in [0, 0.1) is 5.82 Å². The van der Waals surface area contributed by atoms with Gasteiger partial charge in [0.1, 0.15) is 5.82 Å². The molecule has 1 aliphatic rings. The zero-order valence-corrected chi connectivity index (χ0v) is 10.6. The van der Waals surface area contributed by atoms with E-state index in [4.69, 9.17) is 0 Å². The molecule has 0 saturated heterocycles. The van der Waals surface area contributed by atoms with Crippen LogP contribution in [0.1, 0.15) is 19.5 Å². The van der Waals surface area contributed by atoms with E-state index >= 15 is 0 Å². The highest BCUT2D eigenvalue weighted by Gasteiger charge is 2.28. The van der Waals surface area contributed by atoms with E-state index in [-0.39, 0.29) is 11.4 Å². The van der Waals surface area contributed by atoms with Gasteiger partial charge in [-0.2, -0.15) is 5.10 Å². The number of rotatable bonds is 1. The summed E-state index contributed by atoms with van der Waals surface area (Å²) in [5.74, 6) is -0.218. The molecule has 1 N–H and O–H groups in total. The molecule has 1 aromatic heterocycles. The highest BCUT2D eigenvalue weighted by Crippen LogP contribution is 2.26. The number of halogens is 1. The molecule has 18 heavy (non-hydrogen) atoms. The minimum atomic E-state index is -0.218. The molecule has 2 heterocycles. The predicted octanol–water partition coefficient (Wildman–Crippen LogP) is 2.53. The summed E-state index contributed by atoms with van der Waals surface area (Å²) in [6.45, 7) is 6.05. The monoisotopic (exact) mass is 245 g/mol. The Labute approximate surface area is 106 Å². The van der Waals surface area contributed by atoms with Crippen LogP contribution in [0.3, 0.4) is 0 Å². The molecule has 0 atom stereocenters. The van der Waals surface area contributed by atoms with E-state index in [1.54, 1.807) is 12.1 Å². The number of fused-ring (bicyclic) bond motifs is 1. The van der Waals surface area contributed by atoms with E-state index in [2.05, 4.69) is 35.0 Å². The minimum Gasteiger partial charge on any atom is -0.309 e. The Hall–Kier alpha value is -1.68. The molecule has 3 nitrogen and oxygen atoms in total. The maximum absolute atomic E-state index is 12.9. The SMILES string of the molecule is CC1(C)CNCc2cc(-c3ccc(F)cc3)nn21. The Bertz CT molecular complexity index is 569. The van der Waals surface area contributed by atoms with Crippen LogP contribution in [0.5, 0.6) is 0 Å². The Morgan fingerprint density at radius 3 is 2.67 bits per heavy atom. The molecule has 1 aromatic carbocycles. The maximum atomic E-state index is 12.9. The molecule has 2 aromatic rings. The van der Waals surface area contributed by atoms with Gasteiger partial charge >= 0.3 is 0 Å². The number of benzene rings is 1. The van der Waals surface area contributed by atoms with E-state index in [0.29, 0.717) is 0 Å². The Morgan fingerprint density at radius 1 is 1.28 bits per heavy atom. The zero-order valence-electron chi connectivity index (χ0n) is 10.6. The third-order valence-electron chi connectivity index (χ3n) is 3.36. The van der Waals surface area contributed by atoms with Gasteiger partial charge < -0.3 is 5.32 Å². The van der Waals surface area contributed by atoms with E-state index in [0.717, 1.165) is 24.3 Å². The Morgan fingerprint density at radius 2 is 2.00 bits per heavy atom. The number of aromatic nitrogens is 2. The smallest absolute Gasteiger partial charge is 0.123 e. The quantitative estimate of drug-likeness (QED) is 0.836. The van der Waals surface area contributed by atoms with Crippen LogP contribution in [0.15, 0.2) is 30.3 Å². The second-order valence-corrected chi connectivity index (χ2v) is 5.36. The van der Waals surface area contributed by atoms with Crippen LogP contribution >= 0.6 is 0 Å². The van der Waals surface area contributed by atoms with E-state index in [1.165, 1.54) is 17.8 Å². The topological polar surface area (TPSA) is 29.9 Å². The van der Waals surface area contributed by atoms with Crippen molar-refractivity contribution >= 4 is 0 Å². The number of hydrogen-bond donors (Lipinski definition) is 1. The van der Waals surface area contributed by atoms with Gasteiger partial charge in [0.05, 0.1) is 16.9 Å². The lowest BCUT2D eigenvalue weighted by molar-refractivity contribution is 0.261. The third kappa shape index (κ3) is 1.82. The van der Waals surface area contributed by atoms with Crippen molar-refractivity contribution in [3.63, 3.8) is 0 Å². The van der Waals surface area contributed by atoms with Crippen molar-refractivity contribution in [2.75, 3.05) is 6.54 Å². The second kappa shape index (κ2) is 3.92. The van der Waals surface area contributed by atoms with Crippen LogP contribution in [-0.4, -0.2) is 16.3 Å². The van der Waals surface area contributed by atoms with Gasteiger partial charge in [-0.25, -0.2) is 4.39 Å². The van der Waals surface area contributed by atoms with Crippen LogP contribution < -0.4 is 5.32 Å². The van der Waals surface area contributed by atoms with Crippen LogP contribution in [0.25, 0.3) is 11.3 Å². The van der Waals surface area contributed by atoms with Crippen molar-refractivity contribution in [1.82, 2.24) is 15.1 Å². The van der Waals surface area contributed by atoms with Gasteiger partial charge in [0.15, 0.2) is 0 Å².